The van der Waals surface area contributed by atoms with Crippen molar-refractivity contribution in [2.24, 2.45) is 0 Å². The summed E-state index contributed by atoms with van der Waals surface area (Å²) in [5.41, 5.74) is 2.98. The number of benzene rings is 2. The number of methoxy groups -OCH3 is 1. The Balaban J connectivity index is 2.15. The van der Waals surface area contributed by atoms with Crippen LogP contribution >= 0.6 is 12.2 Å². The van der Waals surface area contributed by atoms with Crippen molar-refractivity contribution < 1.29 is 19.7 Å². The average molecular weight is 426 g/mol. The van der Waals surface area contributed by atoms with Crippen LogP contribution in [-0.4, -0.2) is 45.3 Å². The average Bonchev–Trinajstić information content (AvgIpc) is 3.09. The number of aromatic nitrogens is 3. The van der Waals surface area contributed by atoms with Gasteiger partial charge in [0.25, 0.3) is 0 Å². The Kier molecular flexibility index (Phi) is 6.71. The number of rotatable bonds is 8. The van der Waals surface area contributed by atoms with Gasteiger partial charge in [-0.3, -0.25) is 9.67 Å². The molecule has 0 aliphatic heterocycles. The van der Waals surface area contributed by atoms with Crippen molar-refractivity contribution in [2.75, 3.05) is 20.3 Å². The fraction of sp³-hybridized carbons (Fsp3) is 0.182. The maximum Gasteiger partial charge on any atom is 0.200 e. The first-order chi connectivity index (χ1) is 14.5. The molecule has 0 radical (unpaired) electrons. The molecule has 156 valence electrons. The van der Waals surface area contributed by atoms with E-state index in [0.29, 0.717) is 40.8 Å². The van der Waals surface area contributed by atoms with Crippen molar-refractivity contribution >= 4 is 17.9 Å². The van der Waals surface area contributed by atoms with E-state index in [9.17, 15) is 10.2 Å². The van der Waals surface area contributed by atoms with Gasteiger partial charge < -0.3 is 19.7 Å². The van der Waals surface area contributed by atoms with Gasteiger partial charge in [-0.25, -0.2) is 0 Å². The molecule has 1 heterocycles. The number of ether oxygens (including phenoxy) is 2. The Morgan fingerprint density at radius 3 is 2.73 bits per heavy atom. The fourth-order valence-electron chi connectivity index (χ4n) is 3.02. The highest BCUT2D eigenvalue weighted by Gasteiger charge is 2.18. The molecule has 0 aliphatic rings. The van der Waals surface area contributed by atoms with Crippen LogP contribution in [0.5, 0.6) is 17.2 Å². The van der Waals surface area contributed by atoms with Crippen LogP contribution in [0.15, 0.2) is 55.1 Å². The zero-order valence-electron chi connectivity index (χ0n) is 16.8. The topological polar surface area (TPSA) is 92.5 Å². The first kappa shape index (κ1) is 21.4. The Labute approximate surface area is 179 Å². The van der Waals surface area contributed by atoms with E-state index < -0.39 is 0 Å². The molecule has 7 nitrogen and oxygen atoms in total. The van der Waals surface area contributed by atoms with Crippen LogP contribution in [0.4, 0.5) is 0 Å². The van der Waals surface area contributed by atoms with E-state index in [4.69, 9.17) is 21.7 Å². The highest BCUT2D eigenvalue weighted by molar-refractivity contribution is 7.71. The predicted octanol–water partition coefficient (Wildman–Crippen LogP) is 4.43. The van der Waals surface area contributed by atoms with Gasteiger partial charge in [0.15, 0.2) is 10.6 Å². The van der Waals surface area contributed by atoms with Crippen molar-refractivity contribution in [1.29, 1.82) is 0 Å². The minimum absolute atomic E-state index is 0.0458. The number of aromatic amines is 1. The molecule has 0 amide bonds. The van der Waals surface area contributed by atoms with Gasteiger partial charge in [0.2, 0.25) is 0 Å². The van der Waals surface area contributed by atoms with Crippen LogP contribution < -0.4 is 4.74 Å². The summed E-state index contributed by atoms with van der Waals surface area (Å²) in [4.78, 5) is 0. The number of aromatic hydroxyl groups is 2. The van der Waals surface area contributed by atoms with Crippen LogP contribution in [0.2, 0.25) is 0 Å². The molecule has 0 spiro atoms. The molecule has 0 aliphatic carbocycles. The molecule has 0 bridgehead atoms. The lowest BCUT2D eigenvalue weighted by atomic mass is 10.0. The molecule has 8 heteroatoms. The molecular formula is C22H23N3O4S. The summed E-state index contributed by atoms with van der Waals surface area (Å²) in [6.07, 6.45) is 3.47. The molecule has 0 atom stereocenters. The normalized spacial score (nSPS) is 11.5. The summed E-state index contributed by atoms with van der Waals surface area (Å²) in [7, 11) is 1.62. The number of H-pyrrole nitrogens is 1. The maximum atomic E-state index is 10.3. The number of nitrogens with zero attached hydrogens (tertiary/aromatic N) is 2. The number of hydrogen-bond acceptors (Lipinski definition) is 6. The minimum atomic E-state index is -0.114. The third kappa shape index (κ3) is 4.45. The van der Waals surface area contributed by atoms with Crippen molar-refractivity contribution in [3.05, 3.63) is 71.0 Å². The van der Waals surface area contributed by atoms with E-state index in [1.165, 1.54) is 12.1 Å². The second-order valence-electron chi connectivity index (χ2n) is 6.49. The molecule has 3 aromatic rings. The number of phenols is 2. The van der Waals surface area contributed by atoms with E-state index in [-0.39, 0.29) is 11.5 Å². The molecule has 0 saturated heterocycles. The van der Waals surface area contributed by atoms with Gasteiger partial charge in [-0.15, -0.1) is 0 Å². The zero-order chi connectivity index (χ0) is 21.7. The third-order valence-electron chi connectivity index (χ3n) is 4.45. The fourth-order valence-corrected chi connectivity index (χ4v) is 3.25. The van der Waals surface area contributed by atoms with Crippen LogP contribution in [0.25, 0.3) is 17.1 Å². The number of aryl methyl sites for hydroxylation is 1. The van der Waals surface area contributed by atoms with Crippen LogP contribution in [0, 0.1) is 11.7 Å². The first-order valence-electron chi connectivity index (χ1n) is 9.22. The van der Waals surface area contributed by atoms with Crippen molar-refractivity contribution in [3.63, 3.8) is 0 Å². The molecular weight excluding hydrogens is 402 g/mol. The monoisotopic (exact) mass is 425 g/mol. The van der Waals surface area contributed by atoms with Gasteiger partial charge in [0, 0.05) is 18.7 Å². The lowest BCUT2D eigenvalue weighted by Crippen LogP contribution is -2.06. The quantitative estimate of drug-likeness (QED) is 0.281. The summed E-state index contributed by atoms with van der Waals surface area (Å²) in [5, 5.41) is 27.1. The summed E-state index contributed by atoms with van der Waals surface area (Å²) in [6, 6.07) is 10.1. The highest BCUT2D eigenvalue weighted by Crippen LogP contribution is 2.34. The van der Waals surface area contributed by atoms with Gasteiger partial charge in [-0.05, 0) is 55.0 Å². The number of phenolic OH excluding ortho intramolecular Hbond substituents is 2. The number of allylic oxidation sites excluding steroid dienone is 2. The zero-order valence-corrected chi connectivity index (χ0v) is 17.6. The predicted molar refractivity (Wildman–Crippen MR) is 118 cm³/mol. The molecule has 30 heavy (non-hydrogen) atoms. The van der Waals surface area contributed by atoms with E-state index in [0.717, 1.165) is 11.1 Å². The summed E-state index contributed by atoms with van der Waals surface area (Å²) < 4.78 is 12.9. The lowest BCUT2D eigenvalue weighted by molar-refractivity contribution is 0.146. The van der Waals surface area contributed by atoms with E-state index in [1.54, 1.807) is 23.8 Å². The second kappa shape index (κ2) is 9.43. The van der Waals surface area contributed by atoms with E-state index in [2.05, 4.69) is 16.8 Å². The Morgan fingerprint density at radius 2 is 2.03 bits per heavy atom. The van der Waals surface area contributed by atoms with Gasteiger partial charge >= 0.3 is 0 Å². The molecule has 2 aromatic carbocycles. The smallest absolute Gasteiger partial charge is 0.200 e. The standard InChI is InChI=1S/C22H23N3O4S/c1-4-5-19(18-13-16(8-6-14(18)2)29-11-10-28-3)25-21(23-24-22(25)30)17-9-7-15(26)12-20(17)27/h4-9,12-13,26-27H,1,10-11H2,2-3H3,(H,24,30)/b19-5+. The maximum absolute atomic E-state index is 10.3. The van der Waals surface area contributed by atoms with Crippen LogP contribution in [0.1, 0.15) is 11.1 Å². The lowest BCUT2D eigenvalue weighted by Gasteiger charge is -2.16. The van der Waals surface area contributed by atoms with Crippen molar-refractivity contribution in [3.8, 4) is 28.6 Å². The summed E-state index contributed by atoms with van der Waals surface area (Å²) in [5.74, 6) is 0.925. The van der Waals surface area contributed by atoms with Gasteiger partial charge in [-0.2, -0.15) is 5.10 Å². The highest BCUT2D eigenvalue weighted by atomic mass is 32.1. The molecule has 0 fully saturated rings. The third-order valence-corrected chi connectivity index (χ3v) is 4.73. The van der Waals surface area contributed by atoms with Gasteiger partial charge in [0.05, 0.1) is 17.9 Å². The number of nitrogens with one attached hydrogen (secondary N) is 1. The second-order valence-corrected chi connectivity index (χ2v) is 6.88. The molecule has 0 saturated carbocycles. The molecule has 1 aromatic heterocycles. The van der Waals surface area contributed by atoms with Crippen LogP contribution in [0.3, 0.4) is 0 Å². The molecule has 3 N–H and O–H groups in total. The van der Waals surface area contributed by atoms with Crippen molar-refractivity contribution in [2.45, 2.75) is 6.92 Å². The largest absolute Gasteiger partial charge is 0.508 e. The van der Waals surface area contributed by atoms with Crippen molar-refractivity contribution in [1.82, 2.24) is 14.8 Å². The Morgan fingerprint density at radius 1 is 1.23 bits per heavy atom. The molecule has 3 rings (SSSR count). The SMILES string of the molecule is C=C/C=C(\c1cc(OCCOC)ccc1C)n1c(-c2ccc(O)cc2O)n[nH]c1=S. The first-order valence-corrected chi connectivity index (χ1v) is 9.62. The minimum Gasteiger partial charge on any atom is -0.508 e. The Hall–Kier alpha value is -3.36. The number of hydrogen-bond donors (Lipinski definition) is 3. The summed E-state index contributed by atoms with van der Waals surface area (Å²) >= 11 is 5.49. The van der Waals surface area contributed by atoms with Gasteiger partial charge in [0.1, 0.15) is 23.9 Å². The van der Waals surface area contributed by atoms with Crippen LogP contribution in [-0.2, 0) is 4.74 Å². The Bertz CT molecular complexity index is 1150. The summed E-state index contributed by atoms with van der Waals surface area (Å²) in [6.45, 7) is 6.71. The molecule has 0 unspecified atom stereocenters. The van der Waals surface area contributed by atoms with E-state index in [1.807, 2.05) is 31.2 Å². The van der Waals surface area contributed by atoms with Gasteiger partial charge in [-0.1, -0.05) is 18.7 Å². The van der Waals surface area contributed by atoms with E-state index >= 15 is 0 Å².